The minimum atomic E-state index is -0.159. The molecule has 2 heteroatoms. The maximum Gasteiger partial charge on any atom is 0.0940 e. The van der Waals surface area contributed by atoms with E-state index in [9.17, 15) is 5.26 Å². The van der Waals surface area contributed by atoms with Gasteiger partial charge in [-0.25, -0.2) is 0 Å². The average Bonchev–Trinajstić information content (AvgIpc) is 2.73. The van der Waals surface area contributed by atoms with Crippen molar-refractivity contribution in [3.63, 3.8) is 0 Å². The van der Waals surface area contributed by atoms with Crippen LogP contribution < -0.4 is 0 Å². The van der Waals surface area contributed by atoms with Gasteiger partial charge >= 0.3 is 0 Å². The van der Waals surface area contributed by atoms with E-state index in [1.165, 1.54) is 17.7 Å². The Morgan fingerprint density at radius 1 is 1.69 bits per heavy atom. The van der Waals surface area contributed by atoms with Crippen LogP contribution in [0.1, 0.15) is 31.1 Å². The molecule has 0 spiro atoms. The minimum absolute atomic E-state index is 0.159. The molecule has 1 heterocycles. The summed E-state index contributed by atoms with van der Waals surface area (Å²) in [5.41, 5.74) is -0.159. The first kappa shape index (κ1) is 8.77. The summed E-state index contributed by atoms with van der Waals surface area (Å²) in [6, 6.07) is 6.69. The van der Waals surface area contributed by atoms with Gasteiger partial charge in [0.25, 0.3) is 0 Å². The molecular formula is C11H13NS. The van der Waals surface area contributed by atoms with Gasteiger partial charge in [0.05, 0.1) is 11.5 Å². The molecule has 1 aliphatic carbocycles. The van der Waals surface area contributed by atoms with Crippen LogP contribution in [0, 0.1) is 17.2 Å². The third-order valence-electron chi connectivity index (χ3n) is 3.21. The van der Waals surface area contributed by atoms with E-state index in [1.54, 1.807) is 11.3 Å². The van der Waals surface area contributed by atoms with Gasteiger partial charge in [0.2, 0.25) is 0 Å². The van der Waals surface area contributed by atoms with Gasteiger partial charge in [0.1, 0.15) is 0 Å². The van der Waals surface area contributed by atoms with Crippen LogP contribution in [0.25, 0.3) is 0 Å². The summed E-state index contributed by atoms with van der Waals surface area (Å²) < 4.78 is 0. The summed E-state index contributed by atoms with van der Waals surface area (Å²) >= 11 is 1.72. The second kappa shape index (κ2) is 3.16. The smallest absolute Gasteiger partial charge is 0.0940 e. The molecule has 2 rings (SSSR count). The molecule has 0 amide bonds. The standard InChI is InChI=1S/C11H13NS/c1-9-4-2-6-11(9,8-12)10-5-3-7-13-10/h3,5,7,9H,2,4,6H2,1H3. The van der Waals surface area contributed by atoms with E-state index in [4.69, 9.17) is 0 Å². The highest BCUT2D eigenvalue weighted by Gasteiger charge is 2.42. The monoisotopic (exact) mass is 191 g/mol. The molecule has 2 unspecified atom stereocenters. The molecule has 13 heavy (non-hydrogen) atoms. The van der Waals surface area contributed by atoms with Crippen LogP contribution in [0.3, 0.4) is 0 Å². The fourth-order valence-electron chi connectivity index (χ4n) is 2.30. The average molecular weight is 191 g/mol. The summed E-state index contributed by atoms with van der Waals surface area (Å²) in [7, 11) is 0. The number of rotatable bonds is 1. The number of thiophene rings is 1. The van der Waals surface area contributed by atoms with Gasteiger partial charge in [-0.05, 0) is 30.2 Å². The van der Waals surface area contributed by atoms with E-state index in [2.05, 4.69) is 24.4 Å². The van der Waals surface area contributed by atoms with Crippen molar-refractivity contribution >= 4 is 11.3 Å². The zero-order valence-electron chi connectivity index (χ0n) is 7.79. The lowest BCUT2D eigenvalue weighted by atomic mass is 9.79. The third-order valence-corrected chi connectivity index (χ3v) is 4.26. The van der Waals surface area contributed by atoms with Gasteiger partial charge in [-0.1, -0.05) is 19.4 Å². The van der Waals surface area contributed by atoms with E-state index < -0.39 is 0 Å². The fraction of sp³-hybridized carbons (Fsp3) is 0.545. The normalized spacial score (nSPS) is 33.1. The van der Waals surface area contributed by atoms with E-state index in [1.807, 2.05) is 6.07 Å². The van der Waals surface area contributed by atoms with Crippen molar-refractivity contribution in [1.82, 2.24) is 0 Å². The quantitative estimate of drug-likeness (QED) is 0.668. The van der Waals surface area contributed by atoms with Crippen molar-refractivity contribution < 1.29 is 0 Å². The topological polar surface area (TPSA) is 23.8 Å². The number of nitrogens with zero attached hydrogens (tertiary/aromatic N) is 1. The zero-order chi connectivity index (χ0) is 9.31. The Kier molecular flexibility index (Phi) is 2.13. The second-order valence-corrected chi connectivity index (χ2v) is 4.80. The van der Waals surface area contributed by atoms with Gasteiger partial charge in [0, 0.05) is 4.88 Å². The molecule has 1 aromatic heterocycles. The Labute approximate surface area is 83.0 Å². The molecule has 1 saturated carbocycles. The van der Waals surface area contributed by atoms with E-state index in [-0.39, 0.29) is 5.41 Å². The predicted octanol–water partition coefficient (Wildman–Crippen LogP) is 3.33. The summed E-state index contributed by atoms with van der Waals surface area (Å²) in [4.78, 5) is 1.26. The molecule has 0 radical (unpaired) electrons. The predicted molar refractivity (Wildman–Crippen MR) is 54.6 cm³/mol. The number of nitriles is 1. The molecule has 1 nitrogen and oxygen atoms in total. The lowest BCUT2D eigenvalue weighted by molar-refractivity contribution is 0.438. The Morgan fingerprint density at radius 2 is 2.54 bits per heavy atom. The van der Waals surface area contributed by atoms with Crippen molar-refractivity contribution in [3.05, 3.63) is 22.4 Å². The first-order valence-electron chi connectivity index (χ1n) is 4.75. The lowest BCUT2D eigenvalue weighted by Crippen LogP contribution is -2.25. The highest BCUT2D eigenvalue weighted by atomic mass is 32.1. The third kappa shape index (κ3) is 1.19. The largest absolute Gasteiger partial charge is 0.197 e. The molecule has 0 saturated heterocycles. The minimum Gasteiger partial charge on any atom is -0.197 e. The van der Waals surface area contributed by atoms with Crippen molar-refractivity contribution in [1.29, 1.82) is 5.26 Å². The lowest BCUT2D eigenvalue weighted by Gasteiger charge is -2.24. The van der Waals surface area contributed by atoms with Crippen LogP contribution in [0.15, 0.2) is 17.5 Å². The zero-order valence-corrected chi connectivity index (χ0v) is 8.60. The SMILES string of the molecule is CC1CCCC1(C#N)c1cccs1. The Balaban J connectivity index is 2.42. The van der Waals surface area contributed by atoms with Crippen LogP contribution in [0.2, 0.25) is 0 Å². The molecule has 2 atom stereocenters. The van der Waals surface area contributed by atoms with Gasteiger partial charge in [-0.2, -0.15) is 5.26 Å². The van der Waals surface area contributed by atoms with Crippen molar-refractivity contribution in [3.8, 4) is 6.07 Å². The molecule has 68 valence electrons. The van der Waals surface area contributed by atoms with Crippen LogP contribution in [0.4, 0.5) is 0 Å². The molecule has 0 bridgehead atoms. The van der Waals surface area contributed by atoms with Crippen molar-refractivity contribution in [2.24, 2.45) is 5.92 Å². The molecule has 1 aromatic rings. The first-order chi connectivity index (χ1) is 6.29. The number of hydrogen-bond donors (Lipinski definition) is 0. The Morgan fingerprint density at radius 3 is 3.00 bits per heavy atom. The molecular weight excluding hydrogens is 178 g/mol. The molecule has 0 aliphatic heterocycles. The van der Waals surface area contributed by atoms with Gasteiger partial charge in [-0.15, -0.1) is 11.3 Å². The molecule has 1 aliphatic rings. The van der Waals surface area contributed by atoms with Crippen molar-refractivity contribution in [2.45, 2.75) is 31.6 Å². The van der Waals surface area contributed by atoms with Crippen LogP contribution in [-0.2, 0) is 5.41 Å². The van der Waals surface area contributed by atoms with Gasteiger partial charge in [-0.3, -0.25) is 0 Å². The second-order valence-electron chi connectivity index (χ2n) is 3.85. The highest BCUT2D eigenvalue weighted by Crippen LogP contribution is 2.46. The van der Waals surface area contributed by atoms with Crippen LogP contribution in [-0.4, -0.2) is 0 Å². The summed E-state index contributed by atoms with van der Waals surface area (Å²) in [5.74, 6) is 0.524. The fourth-order valence-corrected chi connectivity index (χ4v) is 3.32. The first-order valence-corrected chi connectivity index (χ1v) is 5.63. The molecule has 0 aromatic carbocycles. The summed E-state index contributed by atoms with van der Waals surface area (Å²) in [6.07, 6.45) is 3.45. The van der Waals surface area contributed by atoms with Gasteiger partial charge < -0.3 is 0 Å². The Hall–Kier alpha value is -0.810. The van der Waals surface area contributed by atoms with E-state index >= 15 is 0 Å². The summed E-state index contributed by atoms with van der Waals surface area (Å²) in [6.45, 7) is 2.20. The molecule has 1 fully saturated rings. The van der Waals surface area contributed by atoms with Crippen LogP contribution >= 0.6 is 11.3 Å². The summed E-state index contributed by atoms with van der Waals surface area (Å²) in [5, 5.41) is 11.4. The maximum atomic E-state index is 9.32. The Bertz CT molecular complexity index is 322. The highest BCUT2D eigenvalue weighted by molar-refractivity contribution is 7.10. The maximum absolute atomic E-state index is 9.32. The van der Waals surface area contributed by atoms with Gasteiger partial charge in [0.15, 0.2) is 0 Å². The van der Waals surface area contributed by atoms with E-state index in [0.717, 1.165) is 6.42 Å². The molecule has 0 N–H and O–H groups in total. The van der Waals surface area contributed by atoms with Crippen molar-refractivity contribution in [2.75, 3.05) is 0 Å². The number of hydrogen-bond acceptors (Lipinski definition) is 2. The van der Waals surface area contributed by atoms with Crippen LogP contribution in [0.5, 0.6) is 0 Å². The van der Waals surface area contributed by atoms with E-state index in [0.29, 0.717) is 5.92 Å².